The van der Waals surface area contributed by atoms with Gasteiger partial charge in [0.2, 0.25) is 5.91 Å². The fourth-order valence-corrected chi connectivity index (χ4v) is 2.06. The van der Waals surface area contributed by atoms with Crippen LogP contribution in [0.3, 0.4) is 0 Å². The number of hydrogen-bond acceptors (Lipinski definition) is 2. The molecule has 0 spiro atoms. The lowest BCUT2D eigenvalue weighted by Crippen LogP contribution is -2.44. The monoisotopic (exact) mass is 432 g/mol. The third-order valence-electron chi connectivity index (χ3n) is 3.69. The molecule has 0 aliphatic heterocycles. The highest BCUT2D eigenvalue weighted by atomic mass is 127. The minimum atomic E-state index is -0.0469. The molecule has 0 radical (unpaired) electrons. The van der Waals surface area contributed by atoms with Gasteiger partial charge in [0.25, 0.3) is 0 Å². The van der Waals surface area contributed by atoms with E-state index in [1.54, 1.807) is 7.05 Å². The number of carbonyl (C=O) groups is 1. The van der Waals surface area contributed by atoms with Crippen molar-refractivity contribution in [3.63, 3.8) is 0 Å². The van der Waals surface area contributed by atoms with Gasteiger partial charge < -0.3 is 16.0 Å². The molecule has 1 amide bonds. The average molecular weight is 432 g/mol. The van der Waals surface area contributed by atoms with E-state index in [1.807, 2.05) is 30.3 Å². The standard InChI is InChI=1S/C17H28N4O.HI/c1-4-14(5-2)11-20-17(18-3)21-13-16(22)19-12-15-9-7-6-8-10-15;/h6-10,14H,4-5,11-13H2,1-3H3,(H,19,22)(H2,18,20,21);1H. The van der Waals surface area contributed by atoms with Crippen LogP contribution >= 0.6 is 24.0 Å². The largest absolute Gasteiger partial charge is 0.356 e. The van der Waals surface area contributed by atoms with Crippen LogP contribution in [0.4, 0.5) is 0 Å². The Morgan fingerprint density at radius 1 is 1.09 bits per heavy atom. The summed E-state index contributed by atoms with van der Waals surface area (Å²) in [5.41, 5.74) is 1.09. The number of hydrogen-bond donors (Lipinski definition) is 3. The molecule has 130 valence electrons. The molecule has 5 nitrogen and oxygen atoms in total. The van der Waals surface area contributed by atoms with Crippen molar-refractivity contribution in [3.8, 4) is 0 Å². The number of amides is 1. The van der Waals surface area contributed by atoms with E-state index in [1.165, 1.54) is 0 Å². The second kappa shape index (κ2) is 13.2. The smallest absolute Gasteiger partial charge is 0.239 e. The minimum Gasteiger partial charge on any atom is -0.356 e. The van der Waals surface area contributed by atoms with Crippen molar-refractivity contribution < 1.29 is 4.79 Å². The summed E-state index contributed by atoms with van der Waals surface area (Å²) in [4.78, 5) is 16.0. The van der Waals surface area contributed by atoms with Crippen molar-refractivity contribution in [1.29, 1.82) is 0 Å². The van der Waals surface area contributed by atoms with E-state index in [9.17, 15) is 4.79 Å². The van der Waals surface area contributed by atoms with Gasteiger partial charge in [-0.25, -0.2) is 0 Å². The molecule has 0 heterocycles. The maximum Gasteiger partial charge on any atom is 0.239 e. The highest BCUT2D eigenvalue weighted by molar-refractivity contribution is 14.0. The molecule has 0 saturated heterocycles. The first-order chi connectivity index (χ1) is 10.7. The van der Waals surface area contributed by atoms with Gasteiger partial charge in [-0.1, -0.05) is 57.0 Å². The number of benzene rings is 1. The molecule has 3 N–H and O–H groups in total. The van der Waals surface area contributed by atoms with Crippen LogP contribution in [0.2, 0.25) is 0 Å². The lowest BCUT2D eigenvalue weighted by atomic mass is 10.0. The minimum absolute atomic E-state index is 0. The van der Waals surface area contributed by atoms with E-state index in [4.69, 9.17) is 0 Å². The van der Waals surface area contributed by atoms with Crippen LogP contribution in [-0.4, -0.2) is 32.0 Å². The molecule has 1 aromatic carbocycles. The van der Waals surface area contributed by atoms with Crippen molar-refractivity contribution >= 4 is 35.8 Å². The summed E-state index contributed by atoms with van der Waals surface area (Å²) < 4.78 is 0. The van der Waals surface area contributed by atoms with E-state index in [-0.39, 0.29) is 36.4 Å². The van der Waals surface area contributed by atoms with E-state index >= 15 is 0 Å². The van der Waals surface area contributed by atoms with Crippen molar-refractivity contribution in [1.82, 2.24) is 16.0 Å². The van der Waals surface area contributed by atoms with Crippen molar-refractivity contribution in [2.24, 2.45) is 10.9 Å². The predicted molar refractivity (Wildman–Crippen MR) is 107 cm³/mol. The van der Waals surface area contributed by atoms with Crippen LogP contribution in [0.5, 0.6) is 0 Å². The average Bonchev–Trinajstić information content (AvgIpc) is 2.57. The normalized spacial score (nSPS) is 10.9. The fraction of sp³-hybridized carbons (Fsp3) is 0.529. The molecule has 1 rings (SSSR count). The summed E-state index contributed by atoms with van der Waals surface area (Å²) >= 11 is 0. The molecule has 0 bridgehead atoms. The Morgan fingerprint density at radius 3 is 2.30 bits per heavy atom. The van der Waals surface area contributed by atoms with E-state index < -0.39 is 0 Å². The van der Waals surface area contributed by atoms with Crippen molar-refractivity contribution in [3.05, 3.63) is 35.9 Å². The number of aliphatic imine (C=N–C) groups is 1. The van der Waals surface area contributed by atoms with Crippen LogP contribution in [-0.2, 0) is 11.3 Å². The number of rotatable bonds is 8. The zero-order valence-electron chi connectivity index (χ0n) is 14.3. The van der Waals surface area contributed by atoms with Gasteiger partial charge in [0.1, 0.15) is 0 Å². The highest BCUT2D eigenvalue weighted by Crippen LogP contribution is 2.04. The third kappa shape index (κ3) is 9.43. The molecular weight excluding hydrogens is 403 g/mol. The summed E-state index contributed by atoms with van der Waals surface area (Å²) in [6, 6.07) is 9.86. The summed E-state index contributed by atoms with van der Waals surface area (Å²) in [6.45, 7) is 6.00. The summed E-state index contributed by atoms with van der Waals surface area (Å²) in [5, 5.41) is 9.18. The molecule has 0 aromatic heterocycles. The van der Waals surface area contributed by atoms with Gasteiger partial charge in [0, 0.05) is 20.1 Å². The number of nitrogens with one attached hydrogen (secondary N) is 3. The number of halogens is 1. The number of carbonyl (C=O) groups excluding carboxylic acids is 1. The first-order valence-corrected chi connectivity index (χ1v) is 7.94. The molecule has 23 heavy (non-hydrogen) atoms. The molecule has 0 aliphatic rings. The number of guanidine groups is 1. The maximum atomic E-state index is 11.8. The Bertz CT molecular complexity index is 461. The molecule has 0 aliphatic carbocycles. The van der Waals surface area contributed by atoms with E-state index in [0.717, 1.165) is 24.9 Å². The Hall–Kier alpha value is -1.31. The molecule has 0 atom stereocenters. The first kappa shape index (κ1) is 21.7. The van der Waals surface area contributed by atoms with Gasteiger partial charge >= 0.3 is 0 Å². The topological polar surface area (TPSA) is 65.5 Å². The number of nitrogens with zero attached hydrogens (tertiary/aromatic N) is 1. The van der Waals surface area contributed by atoms with Gasteiger partial charge in [-0.3, -0.25) is 9.79 Å². The molecule has 1 aromatic rings. The van der Waals surface area contributed by atoms with Crippen LogP contribution in [0, 0.1) is 5.92 Å². The van der Waals surface area contributed by atoms with Gasteiger partial charge in [0.15, 0.2) is 5.96 Å². The molecule has 0 fully saturated rings. The Labute approximate surface area is 156 Å². The van der Waals surface area contributed by atoms with E-state index in [0.29, 0.717) is 18.4 Å². The van der Waals surface area contributed by atoms with Gasteiger partial charge in [0.05, 0.1) is 6.54 Å². The Morgan fingerprint density at radius 2 is 1.74 bits per heavy atom. The zero-order chi connectivity index (χ0) is 16.2. The molecule has 6 heteroatoms. The van der Waals surface area contributed by atoms with Crippen molar-refractivity contribution in [2.75, 3.05) is 20.1 Å². The van der Waals surface area contributed by atoms with Crippen LogP contribution in [0.15, 0.2) is 35.3 Å². The lowest BCUT2D eigenvalue weighted by molar-refractivity contribution is -0.120. The summed E-state index contributed by atoms with van der Waals surface area (Å²) in [6.07, 6.45) is 2.27. The van der Waals surface area contributed by atoms with Crippen LogP contribution in [0.1, 0.15) is 32.3 Å². The van der Waals surface area contributed by atoms with Gasteiger partial charge in [-0.15, -0.1) is 24.0 Å². The zero-order valence-corrected chi connectivity index (χ0v) is 16.6. The Balaban J connectivity index is 0.00000484. The second-order valence-electron chi connectivity index (χ2n) is 5.25. The quantitative estimate of drug-likeness (QED) is 0.336. The maximum absolute atomic E-state index is 11.8. The highest BCUT2D eigenvalue weighted by Gasteiger charge is 2.06. The van der Waals surface area contributed by atoms with Gasteiger partial charge in [-0.05, 0) is 11.5 Å². The molecule has 0 saturated carbocycles. The van der Waals surface area contributed by atoms with Crippen LogP contribution < -0.4 is 16.0 Å². The second-order valence-corrected chi connectivity index (χ2v) is 5.25. The third-order valence-corrected chi connectivity index (χ3v) is 3.69. The predicted octanol–water partition coefficient (Wildman–Crippen LogP) is 2.52. The fourth-order valence-electron chi connectivity index (χ4n) is 2.06. The lowest BCUT2D eigenvalue weighted by Gasteiger charge is -2.16. The molecular formula is C17H29IN4O. The SMILES string of the molecule is CCC(CC)CNC(=NC)NCC(=O)NCc1ccccc1.I. The van der Waals surface area contributed by atoms with Gasteiger partial charge in [-0.2, -0.15) is 0 Å². The first-order valence-electron chi connectivity index (χ1n) is 7.94. The Kier molecular flexibility index (Phi) is 12.4. The molecule has 0 unspecified atom stereocenters. The van der Waals surface area contributed by atoms with Crippen molar-refractivity contribution in [2.45, 2.75) is 33.2 Å². The summed E-state index contributed by atoms with van der Waals surface area (Å²) in [7, 11) is 1.71. The van der Waals surface area contributed by atoms with Crippen LogP contribution in [0.25, 0.3) is 0 Å². The van der Waals surface area contributed by atoms with E-state index in [2.05, 4.69) is 34.8 Å². The summed E-state index contributed by atoms with van der Waals surface area (Å²) in [5.74, 6) is 1.25.